The molecular weight excluding hydrogens is 372 g/mol. The highest BCUT2D eigenvalue weighted by molar-refractivity contribution is 7.12. The molecule has 3 atom stereocenters. The lowest BCUT2D eigenvalue weighted by atomic mass is 9.90. The molecular formula is C21H22N4O2S. The Bertz CT molecular complexity index is 952. The van der Waals surface area contributed by atoms with Crippen molar-refractivity contribution in [2.45, 2.75) is 43.4 Å². The van der Waals surface area contributed by atoms with Crippen LogP contribution in [0.1, 0.15) is 58.2 Å². The van der Waals surface area contributed by atoms with Gasteiger partial charge < -0.3 is 10.0 Å². The topological polar surface area (TPSA) is 71.2 Å². The summed E-state index contributed by atoms with van der Waals surface area (Å²) >= 11 is 1.43. The summed E-state index contributed by atoms with van der Waals surface area (Å²) in [6.07, 6.45) is 4.24. The van der Waals surface area contributed by atoms with Gasteiger partial charge in [-0.15, -0.1) is 16.4 Å². The molecule has 2 fully saturated rings. The second-order valence-corrected chi connectivity index (χ2v) is 8.58. The van der Waals surface area contributed by atoms with E-state index in [1.807, 2.05) is 54.0 Å². The van der Waals surface area contributed by atoms with Crippen LogP contribution < -0.4 is 0 Å². The highest BCUT2D eigenvalue weighted by atomic mass is 32.1. The first-order valence-electron chi connectivity index (χ1n) is 9.70. The number of aromatic nitrogens is 3. The molecule has 1 saturated carbocycles. The molecule has 6 nitrogen and oxygen atoms in total. The van der Waals surface area contributed by atoms with Crippen molar-refractivity contribution in [1.82, 2.24) is 19.9 Å². The third-order valence-electron chi connectivity index (χ3n) is 5.71. The molecule has 1 saturated heterocycles. The van der Waals surface area contributed by atoms with Gasteiger partial charge in [-0.1, -0.05) is 41.6 Å². The molecule has 144 valence electrons. The Labute approximate surface area is 167 Å². The number of nitrogens with zero attached hydrogens (tertiary/aromatic N) is 4. The number of rotatable bonds is 4. The molecule has 1 aromatic carbocycles. The maximum atomic E-state index is 13.1. The number of carbonyl (C=O) groups excluding carboxylic acids is 1. The molecule has 0 bridgehead atoms. The minimum atomic E-state index is -0.683. The maximum Gasteiger partial charge on any atom is 0.264 e. The van der Waals surface area contributed by atoms with Crippen LogP contribution in [0.3, 0.4) is 0 Å². The fourth-order valence-corrected chi connectivity index (χ4v) is 4.70. The minimum Gasteiger partial charge on any atom is -0.389 e. The molecule has 2 aliphatic rings. The number of benzene rings is 1. The first-order valence-corrected chi connectivity index (χ1v) is 10.6. The van der Waals surface area contributed by atoms with Crippen LogP contribution in [0.5, 0.6) is 0 Å². The molecule has 7 heteroatoms. The van der Waals surface area contributed by atoms with E-state index in [4.69, 9.17) is 0 Å². The van der Waals surface area contributed by atoms with Gasteiger partial charge in [0.15, 0.2) is 0 Å². The van der Waals surface area contributed by atoms with Crippen molar-refractivity contribution in [1.29, 1.82) is 0 Å². The summed E-state index contributed by atoms with van der Waals surface area (Å²) < 4.78 is 1.81. The Hall–Kier alpha value is -2.51. The van der Waals surface area contributed by atoms with Gasteiger partial charge in [-0.25, -0.2) is 4.68 Å². The Morgan fingerprint density at radius 1 is 1.14 bits per heavy atom. The van der Waals surface area contributed by atoms with Gasteiger partial charge in [0.2, 0.25) is 0 Å². The van der Waals surface area contributed by atoms with Gasteiger partial charge in [-0.2, -0.15) is 0 Å². The number of hydrogen-bond acceptors (Lipinski definition) is 5. The van der Waals surface area contributed by atoms with E-state index in [1.54, 1.807) is 9.58 Å². The minimum absolute atomic E-state index is 0.0291. The van der Waals surface area contributed by atoms with E-state index >= 15 is 0 Å². The summed E-state index contributed by atoms with van der Waals surface area (Å²) in [5.41, 5.74) is 2.09. The van der Waals surface area contributed by atoms with E-state index in [2.05, 4.69) is 10.3 Å². The number of aliphatic hydroxyl groups is 1. The second kappa shape index (κ2) is 7.14. The lowest BCUT2D eigenvalue weighted by Gasteiger charge is -2.42. The molecule has 1 amide bonds. The molecule has 1 N–H and O–H groups in total. The lowest BCUT2D eigenvalue weighted by molar-refractivity contribution is -0.00384. The van der Waals surface area contributed by atoms with Crippen molar-refractivity contribution >= 4 is 17.2 Å². The number of likely N-dealkylation sites (tertiary alicyclic amines) is 1. The number of piperidine rings is 1. The monoisotopic (exact) mass is 394 g/mol. The SMILES string of the molecule is O=C(c1cccs1)N1C[C@H](O)[C@H](n2cc(C3CC3)nn2)C[C@@H]1c1ccccc1. The molecule has 0 radical (unpaired) electrons. The van der Waals surface area contributed by atoms with Crippen molar-refractivity contribution < 1.29 is 9.90 Å². The second-order valence-electron chi connectivity index (χ2n) is 7.63. The first-order chi connectivity index (χ1) is 13.7. The number of thiophene rings is 1. The summed E-state index contributed by atoms with van der Waals surface area (Å²) in [5.74, 6) is 0.495. The van der Waals surface area contributed by atoms with Gasteiger partial charge in [0.1, 0.15) is 0 Å². The van der Waals surface area contributed by atoms with Gasteiger partial charge in [-0.3, -0.25) is 4.79 Å². The van der Waals surface area contributed by atoms with Gasteiger partial charge in [0, 0.05) is 18.7 Å². The van der Waals surface area contributed by atoms with E-state index in [0.29, 0.717) is 17.2 Å². The zero-order chi connectivity index (χ0) is 19.1. The van der Waals surface area contributed by atoms with Gasteiger partial charge in [0.25, 0.3) is 5.91 Å². The average Bonchev–Trinajstić information content (AvgIpc) is 3.22. The molecule has 0 spiro atoms. The van der Waals surface area contributed by atoms with Crippen molar-refractivity contribution in [2.24, 2.45) is 0 Å². The van der Waals surface area contributed by atoms with E-state index in [1.165, 1.54) is 24.2 Å². The predicted octanol–water partition coefficient (Wildman–Crippen LogP) is 3.41. The van der Waals surface area contributed by atoms with Crippen LogP contribution in [0.2, 0.25) is 0 Å². The Morgan fingerprint density at radius 3 is 2.68 bits per heavy atom. The number of carbonyl (C=O) groups is 1. The summed E-state index contributed by atoms with van der Waals surface area (Å²) in [6, 6.07) is 13.5. The third kappa shape index (κ3) is 3.25. The van der Waals surface area contributed by atoms with Crippen LogP contribution in [0, 0.1) is 0 Å². The Morgan fingerprint density at radius 2 is 1.96 bits per heavy atom. The number of β-amino-alcohol motifs (C(OH)–C–C–N with tert-alkyl or cyclic N) is 1. The lowest BCUT2D eigenvalue weighted by Crippen LogP contribution is -2.49. The fraction of sp³-hybridized carbons (Fsp3) is 0.381. The summed E-state index contributed by atoms with van der Waals surface area (Å²) in [6.45, 7) is 0.277. The molecule has 28 heavy (non-hydrogen) atoms. The first kappa shape index (κ1) is 17.6. The molecule has 5 rings (SSSR count). The summed E-state index contributed by atoms with van der Waals surface area (Å²) in [4.78, 5) is 15.6. The van der Waals surface area contributed by atoms with E-state index < -0.39 is 6.10 Å². The summed E-state index contributed by atoms with van der Waals surface area (Å²) in [7, 11) is 0. The van der Waals surface area contributed by atoms with Crippen LogP contribution in [0.15, 0.2) is 54.0 Å². The standard InChI is InChI=1S/C21H22N4O2S/c26-19-13-24(21(27)20-7-4-10-28-20)17(15-5-2-1-3-6-15)11-18(19)25-12-16(22-23-25)14-8-9-14/h1-7,10,12,14,17-19,26H,8-9,11,13H2/t17-,18-,19+/m1/s1. The van der Waals surface area contributed by atoms with Crippen LogP contribution in [0.25, 0.3) is 0 Å². The van der Waals surface area contributed by atoms with Crippen molar-refractivity contribution in [3.05, 3.63) is 70.2 Å². The number of amides is 1. The zero-order valence-corrected chi connectivity index (χ0v) is 16.2. The van der Waals surface area contributed by atoms with Crippen LogP contribution in [-0.4, -0.2) is 43.6 Å². The highest BCUT2D eigenvalue weighted by Gasteiger charge is 2.40. The van der Waals surface area contributed by atoms with Crippen LogP contribution >= 0.6 is 11.3 Å². The van der Waals surface area contributed by atoms with Crippen LogP contribution in [-0.2, 0) is 0 Å². The van der Waals surface area contributed by atoms with Crippen molar-refractivity contribution in [3.63, 3.8) is 0 Å². The molecule has 3 heterocycles. The van der Waals surface area contributed by atoms with Crippen molar-refractivity contribution in [2.75, 3.05) is 6.54 Å². The molecule has 3 aromatic rings. The van der Waals surface area contributed by atoms with E-state index in [9.17, 15) is 9.90 Å². The van der Waals surface area contributed by atoms with Crippen LogP contribution in [0.4, 0.5) is 0 Å². The van der Waals surface area contributed by atoms with Gasteiger partial charge in [0.05, 0.1) is 28.8 Å². The highest BCUT2D eigenvalue weighted by Crippen LogP contribution is 2.41. The van der Waals surface area contributed by atoms with Gasteiger partial charge in [-0.05, 0) is 36.3 Å². The largest absolute Gasteiger partial charge is 0.389 e. The fourth-order valence-electron chi connectivity index (χ4n) is 4.02. The Balaban J connectivity index is 1.46. The summed E-state index contributed by atoms with van der Waals surface area (Å²) in [5, 5.41) is 21.4. The zero-order valence-electron chi connectivity index (χ0n) is 15.4. The predicted molar refractivity (Wildman–Crippen MR) is 106 cm³/mol. The number of aliphatic hydroxyl groups excluding tert-OH is 1. The van der Waals surface area contributed by atoms with Gasteiger partial charge >= 0.3 is 0 Å². The average molecular weight is 395 g/mol. The third-order valence-corrected chi connectivity index (χ3v) is 6.57. The van der Waals surface area contributed by atoms with E-state index in [-0.39, 0.29) is 24.5 Å². The molecule has 1 aliphatic carbocycles. The Kier molecular flexibility index (Phi) is 4.49. The maximum absolute atomic E-state index is 13.1. The molecule has 2 aromatic heterocycles. The van der Waals surface area contributed by atoms with Crippen molar-refractivity contribution in [3.8, 4) is 0 Å². The molecule has 0 unspecified atom stereocenters. The quantitative estimate of drug-likeness (QED) is 0.736. The smallest absolute Gasteiger partial charge is 0.264 e. The molecule has 1 aliphatic heterocycles. The number of hydrogen-bond donors (Lipinski definition) is 1. The van der Waals surface area contributed by atoms with E-state index in [0.717, 1.165) is 11.3 Å². The normalized spacial score (nSPS) is 25.0.